The van der Waals surface area contributed by atoms with Gasteiger partial charge in [0.25, 0.3) is 0 Å². The van der Waals surface area contributed by atoms with Gasteiger partial charge in [-0.05, 0) is 24.0 Å². The van der Waals surface area contributed by atoms with Crippen LogP contribution in [0.15, 0.2) is 23.1 Å². The number of thioether (sulfide) groups is 1. The second-order valence-corrected chi connectivity index (χ2v) is 4.33. The van der Waals surface area contributed by atoms with Crippen LogP contribution in [0.1, 0.15) is 5.56 Å². The van der Waals surface area contributed by atoms with Crippen molar-refractivity contribution in [2.24, 2.45) is 0 Å². The van der Waals surface area contributed by atoms with E-state index in [1.165, 1.54) is 0 Å². The second-order valence-electron chi connectivity index (χ2n) is 2.93. The van der Waals surface area contributed by atoms with Crippen molar-refractivity contribution in [2.45, 2.75) is 11.3 Å². The molecule has 0 atom stereocenters. The number of Topliss-reactive ketones (excluding diaryl/α,β-unsaturated/α-hetero) is 1. The number of carbonyl (C=O) groups is 1. The van der Waals surface area contributed by atoms with Crippen LogP contribution < -0.4 is 5.73 Å². The molecule has 0 spiro atoms. The summed E-state index contributed by atoms with van der Waals surface area (Å²) in [5, 5.41) is 0.409. The normalized spacial score (nSPS) is 10.1. The maximum Gasteiger partial charge on any atom is 0.147 e. The first-order valence-corrected chi connectivity index (χ1v) is 6.52. The van der Waals surface area contributed by atoms with Crippen LogP contribution in [0.5, 0.6) is 0 Å². The molecule has 0 heterocycles. The third kappa shape index (κ3) is 3.03. The van der Waals surface area contributed by atoms with E-state index < -0.39 is 0 Å². The van der Waals surface area contributed by atoms with Crippen molar-refractivity contribution in [3.8, 4) is 0 Å². The Morgan fingerprint density at radius 3 is 2.86 bits per heavy atom. The predicted octanol–water partition coefficient (Wildman–Crippen LogP) is 2.50. The van der Waals surface area contributed by atoms with Crippen molar-refractivity contribution in [3.63, 3.8) is 0 Å². The van der Waals surface area contributed by atoms with Gasteiger partial charge in [0.1, 0.15) is 5.78 Å². The molecule has 1 rings (SSSR count). The standard InChI is InChI=1S/C10H12BrNOS/c1-14-10-5-7(2-3-9(10)12)4-8(13)6-11/h2-3,5H,4,6,12H2,1H3. The van der Waals surface area contributed by atoms with Gasteiger partial charge in [-0.25, -0.2) is 0 Å². The molecule has 76 valence electrons. The van der Waals surface area contributed by atoms with Gasteiger partial charge in [0, 0.05) is 17.0 Å². The molecular formula is C10H12BrNOS. The van der Waals surface area contributed by atoms with Crippen molar-refractivity contribution in [1.82, 2.24) is 0 Å². The molecule has 14 heavy (non-hydrogen) atoms. The Kier molecular flexibility index (Phi) is 4.48. The first-order chi connectivity index (χ1) is 6.67. The zero-order chi connectivity index (χ0) is 10.6. The molecule has 0 saturated carbocycles. The molecule has 2 N–H and O–H groups in total. The number of nitrogen functional groups attached to an aromatic ring is 1. The number of halogens is 1. The second kappa shape index (κ2) is 5.41. The van der Waals surface area contributed by atoms with Crippen LogP contribution in [-0.2, 0) is 11.2 Å². The number of carbonyl (C=O) groups excluding carboxylic acids is 1. The van der Waals surface area contributed by atoms with Gasteiger partial charge in [0.2, 0.25) is 0 Å². The van der Waals surface area contributed by atoms with Gasteiger partial charge in [0.05, 0.1) is 5.33 Å². The number of hydrogen-bond acceptors (Lipinski definition) is 3. The van der Waals surface area contributed by atoms with E-state index in [4.69, 9.17) is 5.73 Å². The summed E-state index contributed by atoms with van der Waals surface area (Å²) in [5.74, 6) is 0.182. The fourth-order valence-corrected chi connectivity index (χ4v) is 1.91. The van der Waals surface area contributed by atoms with Crippen LogP contribution in [0.2, 0.25) is 0 Å². The Balaban J connectivity index is 2.84. The number of benzene rings is 1. The minimum absolute atomic E-state index is 0.182. The Hall–Kier alpha value is -0.480. The van der Waals surface area contributed by atoms with Gasteiger partial charge in [-0.3, -0.25) is 4.79 Å². The molecule has 2 nitrogen and oxygen atoms in total. The van der Waals surface area contributed by atoms with Crippen molar-refractivity contribution in [2.75, 3.05) is 17.3 Å². The zero-order valence-corrected chi connectivity index (χ0v) is 10.3. The smallest absolute Gasteiger partial charge is 0.147 e. The summed E-state index contributed by atoms with van der Waals surface area (Å²) >= 11 is 4.74. The average Bonchev–Trinajstić information content (AvgIpc) is 2.20. The summed E-state index contributed by atoms with van der Waals surface area (Å²) in [4.78, 5) is 12.2. The summed E-state index contributed by atoms with van der Waals surface area (Å²) in [6, 6.07) is 5.72. The molecule has 0 amide bonds. The third-order valence-corrected chi connectivity index (χ3v) is 3.27. The fourth-order valence-electron chi connectivity index (χ4n) is 1.14. The summed E-state index contributed by atoms with van der Waals surface area (Å²) in [7, 11) is 0. The molecule has 0 radical (unpaired) electrons. The Bertz CT molecular complexity index is 341. The van der Waals surface area contributed by atoms with E-state index >= 15 is 0 Å². The van der Waals surface area contributed by atoms with Crippen molar-refractivity contribution in [1.29, 1.82) is 0 Å². The summed E-state index contributed by atoms with van der Waals surface area (Å²) in [6.45, 7) is 0. The lowest BCUT2D eigenvalue weighted by Gasteiger charge is -2.05. The molecular weight excluding hydrogens is 262 g/mol. The SMILES string of the molecule is CSc1cc(CC(=O)CBr)ccc1N. The van der Waals surface area contributed by atoms with Crippen LogP contribution in [0.4, 0.5) is 5.69 Å². The van der Waals surface area contributed by atoms with E-state index in [9.17, 15) is 4.79 Å². The van der Waals surface area contributed by atoms with E-state index in [2.05, 4.69) is 15.9 Å². The van der Waals surface area contributed by atoms with E-state index in [0.29, 0.717) is 11.8 Å². The lowest BCUT2D eigenvalue weighted by atomic mass is 10.1. The third-order valence-electron chi connectivity index (χ3n) is 1.85. The Labute approximate surface area is 96.4 Å². The van der Waals surface area contributed by atoms with Crippen LogP contribution in [0.25, 0.3) is 0 Å². The largest absolute Gasteiger partial charge is 0.398 e. The molecule has 4 heteroatoms. The Morgan fingerprint density at radius 1 is 1.57 bits per heavy atom. The summed E-state index contributed by atoms with van der Waals surface area (Å²) < 4.78 is 0. The van der Waals surface area contributed by atoms with Gasteiger partial charge in [-0.1, -0.05) is 22.0 Å². The number of alkyl halides is 1. The minimum atomic E-state index is 0.182. The quantitative estimate of drug-likeness (QED) is 0.521. The van der Waals surface area contributed by atoms with Gasteiger partial charge in [-0.15, -0.1) is 11.8 Å². The number of rotatable bonds is 4. The van der Waals surface area contributed by atoms with Crippen LogP contribution in [-0.4, -0.2) is 17.4 Å². The van der Waals surface area contributed by atoms with Gasteiger partial charge >= 0.3 is 0 Å². The number of ketones is 1. The molecule has 0 fully saturated rings. The van der Waals surface area contributed by atoms with Crippen molar-refractivity contribution >= 4 is 39.2 Å². The highest BCUT2D eigenvalue weighted by Gasteiger charge is 2.04. The maximum absolute atomic E-state index is 11.2. The highest BCUT2D eigenvalue weighted by atomic mass is 79.9. The lowest BCUT2D eigenvalue weighted by molar-refractivity contribution is -0.115. The highest BCUT2D eigenvalue weighted by Crippen LogP contribution is 2.24. The van der Waals surface area contributed by atoms with Crippen molar-refractivity contribution < 1.29 is 4.79 Å². The predicted molar refractivity (Wildman–Crippen MR) is 65.1 cm³/mol. The van der Waals surface area contributed by atoms with Crippen LogP contribution >= 0.6 is 27.7 Å². The summed E-state index contributed by atoms with van der Waals surface area (Å²) in [5.41, 5.74) is 7.54. The number of hydrogen-bond donors (Lipinski definition) is 1. The van der Waals surface area contributed by atoms with E-state index in [1.807, 2.05) is 24.5 Å². The number of nitrogens with two attached hydrogens (primary N) is 1. The Morgan fingerprint density at radius 2 is 2.29 bits per heavy atom. The van der Waals surface area contributed by atoms with Gasteiger partial charge < -0.3 is 5.73 Å². The monoisotopic (exact) mass is 273 g/mol. The van der Waals surface area contributed by atoms with E-state index in [0.717, 1.165) is 16.1 Å². The molecule has 1 aromatic carbocycles. The van der Waals surface area contributed by atoms with Crippen LogP contribution in [0, 0.1) is 0 Å². The minimum Gasteiger partial charge on any atom is -0.398 e. The summed E-state index contributed by atoms with van der Waals surface area (Å²) in [6.07, 6.45) is 2.45. The van der Waals surface area contributed by atoms with Crippen molar-refractivity contribution in [3.05, 3.63) is 23.8 Å². The molecule has 0 aliphatic rings. The van der Waals surface area contributed by atoms with Gasteiger partial charge in [-0.2, -0.15) is 0 Å². The average molecular weight is 274 g/mol. The molecule has 1 aromatic rings. The molecule has 0 aromatic heterocycles. The molecule has 0 bridgehead atoms. The lowest BCUT2D eigenvalue weighted by Crippen LogP contribution is -2.03. The highest BCUT2D eigenvalue weighted by molar-refractivity contribution is 9.09. The molecule has 0 unspecified atom stereocenters. The first kappa shape index (κ1) is 11.6. The molecule has 0 aliphatic heterocycles. The number of anilines is 1. The molecule has 0 saturated heterocycles. The zero-order valence-electron chi connectivity index (χ0n) is 7.92. The van der Waals surface area contributed by atoms with E-state index in [1.54, 1.807) is 11.8 Å². The first-order valence-electron chi connectivity index (χ1n) is 4.17. The molecule has 0 aliphatic carbocycles. The topological polar surface area (TPSA) is 43.1 Å². The fraction of sp³-hybridized carbons (Fsp3) is 0.300. The maximum atomic E-state index is 11.2. The van der Waals surface area contributed by atoms with Gasteiger partial charge in [0.15, 0.2) is 0 Å². The van der Waals surface area contributed by atoms with Crippen LogP contribution in [0.3, 0.4) is 0 Å². The van der Waals surface area contributed by atoms with E-state index in [-0.39, 0.29) is 5.78 Å².